The number of ether oxygens (including phenoxy) is 1. The van der Waals surface area contributed by atoms with E-state index in [1.807, 2.05) is 46.8 Å². The molecule has 12 nitrogen and oxygen atoms in total. The van der Waals surface area contributed by atoms with Gasteiger partial charge in [-0.05, 0) is 83.9 Å². The fourth-order valence-electron chi connectivity index (χ4n) is 3.95. The van der Waals surface area contributed by atoms with Gasteiger partial charge < -0.3 is 15.8 Å². The van der Waals surface area contributed by atoms with Crippen LogP contribution in [0.2, 0.25) is 0 Å². The van der Waals surface area contributed by atoms with E-state index < -0.39 is 25.8 Å². The Labute approximate surface area is 260 Å². The Balaban J connectivity index is 0.000000257. The van der Waals surface area contributed by atoms with E-state index in [0.29, 0.717) is 5.82 Å². The third kappa shape index (κ3) is 14.3. The van der Waals surface area contributed by atoms with Gasteiger partial charge in [0.25, 0.3) is 20.2 Å². The molecule has 242 valence electrons. The van der Waals surface area contributed by atoms with Gasteiger partial charge in [-0.15, -0.1) is 0 Å². The zero-order chi connectivity index (χ0) is 33.1. The number of hydrogen-bond donors (Lipinski definition) is 4. The van der Waals surface area contributed by atoms with E-state index in [0.717, 1.165) is 49.3 Å². The predicted octanol–water partition coefficient (Wildman–Crippen LogP) is 4.64. The Bertz CT molecular complexity index is 1490. The molecule has 0 bridgehead atoms. The number of rotatable bonds is 5. The van der Waals surface area contributed by atoms with E-state index in [1.54, 1.807) is 30.3 Å². The average Bonchev–Trinajstić information content (AvgIpc) is 2.89. The van der Waals surface area contributed by atoms with Crippen molar-refractivity contribution in [2.45, 2.75) is 75.4 Å². The number of piperidine rings is 1. The number of aryl methyl sites for hydroxylation is 2. The zero-order valence-electron chi connectivity index (χ0n) is 25.6. The van der Waals surface area contributed by atoms with Gasteiger partial charge in [0.1, 0.15) is 11.4 Å². The molecule has 2 aromatic carbocycles. The number of carbonyl (C=O) groups excluding carboxylic acids is 1. The highest BCUT2D eigenvalue weighted by Crippen LogP contribution is 2.15. The first-order valence-electron chi connectivity index (χ1n) is 13.8. The van der Waals surface area contributed by atoms with E-state index in [9.17, 15) is 21.6 Å². The van der Waals surface area contributed by atoms with Crippen LogP contribution >= 0.6 is 0 Å². The molecule has 0 radical (unpaired) electrons. The standard InChI is InChI=1S/C16H26N4O2.2C7H8O3S/c1-16(2,3)22-15(21)19-12-7-9-20(10-8-12)11-13-5-4-6-14(17)18-13;2*1-6-2-4-7(5-3-6)11(8,9)10/h4-6,12H,7-11H2,1-3H3,(H2,17,18)(H,19,21);2*2-5H,1H3,(H,8,9,10). The summed E-state index contributed by atoms with van der Waals surface area (Å²) in [6, 6.07) is 17.9. The minimum Gasteiger partial charge on any atom is -0.444 e. The summed E-state index contributed by atoms with van der Waals surface area (Å²) in [6.07, 6.45) is 1.51. The monoisotopic (exact) mass is 650 g/mol. The van der Waals surface area contributed by atoms with Gasteiger partial charge in [-0.1, -0.05) is 41.5 Å². The van der Waals surface area contributed by atoms with Crippen molar-refractivity contribution in [3.05, 3.63) is 83.6 Å². The lowest BCUT2D eigenvalue weighted by Gasteiger charge is -2.32. The highest BCUT2D eigenvalue weighted by Gasteiger charge is 2.23. The first-order valence-corrected chi connectivity index (χ1v) is 16.7. The number of amides is 1. The van der Waals surface area contributed by atoms with Crippen molar-refractivity contribution in [1.82, 2.24) is 15.2 Å². The molecule has 1 aliphatic heterocycles. The van der Waals surface area contributed by atoms with Gasteiger partial charge in [0.15, 0.2) is 0 Å². The lowest BCUT2D eigenvalue weighted by atomic mass is 10.1. The number of anilines is 1. The second-order valence-electron chi connectivity index (χ2n) is 11.3. The van der Waals surface area contributed by atoms with Crippen LogP contribution in [0, 0.1) is 13.8 Å². The van der Waals surface area contributed by atoms with Gasteiger partial charge in [-0.3, -0.25) is 14.0 Å². The van der Waals surface area contributed by atoms with Gasteiger partial charge in [-0.2, -0.15) is 16.8 Å². The summed E-state index contributed by atoms with van der Waals surface area (Å²) in [4.78, 5) is 18.3. The van der Waals surface area contributed by atoms with Crippen molar-refractivity contribution < 1.29 is 35.5 Å². The molecule has 1 aromatic heterocycles. The SMILES string of the molecule is CC(C)(C)OC(=O)NC1CCN(Cc2cccc(N)n2)CC1.Cc1ccc(S(=O)(=O)O)cc1.Cc1ccc(S(=O)(=O)O)cc1. The minimum absolute atomic E-state index is 0.0666. The second-order valence-corrected chi connectivity index (χ2v) is 14.2. The maximum Gasteiger partial charge on any atom is 0.407 e. The number of nitrogens with two attached hydrogens (primary N) is 1. The minimum atomic E-state index is -4.02. The molecule has 4 rings (SSSR count). The smallest absolute Gasteiger partial charge is 0.407 e. The van der Waals surface area contributed by atoms with E-state index in [2.05, 4.69) is 15.2 Å². The molecule has 0 saturated carbocycles. The van der Waals surface area contributed by atoms with Crippen LogP contribution in [0.3, 0.4) is 0 Å². The molecule has 0 atom stereocenters. The first-order chi connectivity index (χ1) is 20.3. The number of pyridine rings is 1. The fraction of sp³-hybridized carbons (Fsp3) is 0.400. The Morgan fingerprint density at radius 2 is 1.34 bits per heavy atom. The highest BCUT2D eigenvalue weighted by molar-refractivity contribution is 7.86. The molecule has 0 spiro atoms. The summed E-state index contributed by atoms with van der Waals surface area (Å²) in [7, 11) is -8.04. The van der Waals surface area contributed by atoms with Crippen LogP contribution in [0.1, 0.15) is 50.4 Å². The van der Waals surface area contributed by atoms with Gasteiger partial charge in [0, 0.05) is 25.7 Å². The molecular formula is C30H42N4O8S2. The number of benzene rings is 2. The molecule has 3 aromatic rings. The third-order valence-electron chi connectivity index (χ3n) is 6.16. The molecule has 1 fully saturated rings. The number of hydrogen-bond acceptors (Lipinski definition) is 9. The Hall–Kier alpha value is -3.56. The number of nitrogens with one attached hydrogen (secondary N) is 1. The lowest BCUT2D eigenvalue weighted by molar-refractivity contribution is 0.0477. The number of nitrogen functional groups attached to an aromatic ring is 1. The van der Waals surface area contributed by atoms with Crippen molar-refractivity contribution in [2.24, 2.45) is 0 Å². The summed E-state index contributed by atoms with van der Waals surface area (Å²) in [6.45, 7) is 11.9. The molecule has 0 aliphatic carbocycles. The number of carbonyl (C=O) groups is 1. The maximum absolute atomic E-state index is 11.8. The topological polar surface area (TPSA) is 189 Å². The highest BCUT2D eigenvalue weighted by atomic mass is 32.2. The summed E-state index contributed by atoms with van der Waals surface area (Å²) in [5, 5.41) is 2.95. The predicted molar refractivity (Wildman–Crippen MR) is 168 cm³/mol. The average molecular weight is 651 g/mol. The zero-order valence-corrected chi connectivity index (χ0v) is 27.2. The lowest BCUT2D eigenvalue weighted by Crippen LogP contribution is -2.45. The number of nitrogens with zero attached hydrogens (tertiary/aromatic N) is 2. The third-order valence-corrected chi connectivity index (χ3v) is 7.90. The van der Waals surface area contributed by atoms with Gasteiger partial charge in [-0.25, -0.2) is 9.78 Å². The van der Waals surface area contributed by atoms with Crippen molar-refractivity contribution in [1.29, 1.82) is 0 Å². The van der Waals surface area contributed by atoms with E-state index in [-0.39, 0.29) is 21.9 Å². The molecule has 1 amide bonds. The summed E-state index contributed by atoms with van der Waals surface area (Å²) in [5.74, 6) is 0.555. The van der Waals surface area contributed by atoms with Crippen LogP contribution in [0.25, 0.3) is 0 Å². The fourth-order valence-corrected chi connectivity index (χ4v) is 4.91. The van der Waals surface area contributed by atoms with Gasteiger partial charge in [0.2, 0.25) is 0 Å². The normalized spacial score (nSPS) is 14.3. The van der Waals surface area contributed by atoms with E-state index in [1.165, 1.54) is 24.3 Å². The van der Waals surface area contributed by atoms with Gasteiger partial charge >= 0.3 is 6.09 Å². The summed E-state index contributed by atoms with van der Waals surface area (Å²) >= 11 is 0. The van der Waals surface area contributed by atoms with Crippen molar-refractivity contribution in [2.75, 3.05) is 18.8 Å². The van der Waals surface area contributed by atoms with Crippen LogP contribution in [-0.4, -0.2) is 66.7 Å². The van der Waals surface area contributed by atoms with Crippen LogP contribution < -0.4 is 11.1 Å². The van der Waals surface area contributed by atoms with Crippen LogP contribution in [0.4, 0.5) is 10.6 Å². The molecule has 1 aliphatic rings. The second kappa shape index (κ2) is 16.0. The number of aromatic nitrogens is 1. The number of likely N-dealkylation sites (tertiary alicyclic amines) is 1. The largest absolute Gasteiger partial charge is 0.444 e. The Morgan fingerprint density at radius 3 is 1.73 bits per heavy atom. The van der Waals surface area contributed by atoms with Crippen LogP contribution in [-0.2, 0) is 31.5 Å². The molecular weight excluding hydrogens is 608 g/mol. The Kier molecular flexibility index (Phi) is 13.3. The summed E-state index contributed by atoms with van der Waals surface area (Å²) in [5.41, 5.74) is 8.14. The van der Waals surface area contributed by atoms with E-state index in [4.69, 9.17) is 19.6 Å². The molecule has 44 heavy (non-hydrogen) atoms. The van der Waals surface area contributed by atoms with Crippen molar-refractivity contribution in [3.63, 3.8) is 0 Å². The van der Waals surface area contributed by atoms with Crippen LogP contribution in [0.5, 0.6) is 0 Å². The summed E-state index contributed by atoms with van der Waals surface area (Å²) < 4.78 is 64.4. The maximum atomic E-state index is 11.8. The number of alkyl carbamates (subject to hydrolysis) is 1. The molecule has 5 N–H and O–H groups in total. The molecule has 2 heterocycles. The van der Waals surface area contributed by atoms with E-state index >= 15 is 0 Å². The van der Waals surface area contributed by atoms with Crippen molar-refractivity contribution in [3.8, 4) is 0 Å². The molecule has 1 saturated heterocycles. The molecule has 0 unspecified atom stereocenters. The quantitative estimate of drug-likeness (QED) is 0.282. The Morgan fingerprint density at radius 1 is 0.886 bits per heavy atom. The van der Waals surface area contributed by atoms with Gasteiger partial charge in [0.05, 0.1) is 15.5 Å². The van der Waals surface area contributed by atoms with Crippen molar-refractivity contribution >= 4 is 32.1 Å². The molecule has 14 heteroatoms. The first kappa shape index (κ1) is 36.6. The van der Waals surface area contributed by atoms with Crippen LogP contribution in [0.15, 0.2) is 76.5 Å².